The number of ether oxygens (including phenoxy) is 1. The number of benzene rings is 3. The van der Waals surface area contributed by atoms with Crippen LogP contribution in [0.2, 0.25) is 0 Å². The Hall–Kier alpha value is -4.90. The van der Waals surface area contributed by atoms with Gasteiger partial charge in [0.2, 0.25) is 5.91 Å². The minimum atomic E-state index is -0.540. The molecule has 4 aromatic rings. The summed E-state index contributed by atoms with van der Waals surface area (Å²) in [6.45, 7) is 13.5. The first kappa shape index (κ1) is 33.0. The van der Waals surface area contributed by atoms with Gasteiger partial charge in [0.05, 0.1) is 11.7 Å². The molecule has 1 atom stereocenters. The van der Waals surface area contributed by atoms with Crippen LogP contribution in [0, 0.1) is 0 Å². The van der Waals surface area contributed by atoms with Crippen molar-refractivity contribution in [3.8, 4) is 5.69 Å². The number of fused-ring (bicyclic) bond motifs is 1. The van der Waals surface area contributed by atoms with Gasteiger partial charge in [-0.2, -0.15) is 5.10 Å². The summed E-state index contributed by atoms with van der Waals surface area (Å²) in [4.78, 5) is 45.6. The first-order valence-corrected chi connectivity index (χ1v) is 16.7. The molecular formula is C37H45N7O4. The number of aromatic nitrogens is 3. The molecule has 11 heteroatoms. The second-order valence-corrected chi connectivity index (χ2v) is 13.8. The average Bonchev–Trinajstić information content (AvgIpc) is 3.46. The minimum absolute atomic E-state index is 0.00662. The van der Waals surface area contributed by atoms with Crippen LogP contribution in [0.4, 0.5) is 16.2 Å². The van der Waals surface area contributed by atoms with E-state index in [1.807, 2.05) is 107 Å². The Labute approximate surface area is 281 Å². The van der Waals surface area contributed by atoms with Crippen LogP contribution in [0.15, 0.2) is 83.9 Å². The Morgan fingerprint density at radius 2 is 1.54 bits per heavy atom. The van der Waals surface area contributed by atoms with Gasteiger partial charge in [-0.25, -0.2) is 18.8 Å². The average molecular weight is 652 g/mol. The number of piperazine rings is 1. The van der Waals surface area contributed by atoms with Gasteiger partial charge < -0.3 is 19.9 Å². The Balaban J connectivity index is 1.11. The second-order valence-electron chi connectivity index (χ2n) is 13.8. The van der Waals surface area contributed by atoms with Gasteiger partial charge in [-0.05, 0) is 94.1 Å². The van der Waals surface area contributed by atoms with Gasteiger partial charge in [-0.1, -0.05) is 36.4 Å². The summed E-state index contributed by atoms with van der Waals surface area (Å²) in [6, 6.07) is 23.4. The van der Waals surface area contributed by atoms with Gasteiger partial charge in [-0.3, -0.25) is 9.69 Å². The number of carbonyl (C=O) groups excluding carboxylic acids is 2. The lowest BCUT2D eigenvalue weighted by Gasteiger charge is -2.39. The van der Waals surface area contributed by atoms with Crippen LogP contribution in [0.5, 0.6) is 0 Å². The fraction of sp³-hybridized carbons (Fsp3) is 0.405. The summed E-state index contributed by atoms with van der Waals surface area (Å²) in [5, 5.41) is 7.43. The van der Waals surface area contributed by atoms with Crippen molar-refractivity contribution in [2.24, 2.45) is 0 Å². The molecule has 6 rings (SSSR count). The highest BCUT2D eigenvalue weighted by Crippen LogP contribution is 2.29. The van der Waals surface area contributed by atoms with Crippen molar-refractivity contribution in [1.82, 2.24) is 24.1 Å². The maximum atomic E-state index is 14.0. The number of hydrogen-bond acceptors (Lipinski definition) is 7. The fourth-order valence-electron chi connectivity index (χ4n) is 6.40. The first-order valence-electron chi connectivity index (χ1n) is 16.7. The van der Waals surface area contributed by atoms with Crippen LogP contribution in [0.25, 0.3) is 5.69 Å². The summed E-state index contributed by atoms with van der Waals surface area (Å²) in [7, 11) is 0. The molecule has 3 heterocycles. The molecule has 1 saturated heterocycles. The Morgan fingerprint density at radius 3 is 2.19 bits per heavy atom. The predicted molar refractivity (Wildman–Crippen MR) is 187 cm³/mol. The lowest BCUT2D eigenvalue weighted by Crippen LogP contribution is -2.50. The monoisotopic (exact) mass is 651 g/mol. The van der Waals surface area contributed by atoms with Crippen molar-refractivity contribution in [2.75, 3.05) is 42.9 Å². The van der Waals surface area contributed by atoms with E-state index in [0.29, 0.717) is 32.6 Å². The van der Waals surface area contributed by atoms with Gasteiger partial charge >= 0.3 is 11.8 Å². The highest BCUT2D eigenvalue weighted by Gasteiger charge is 2.31. The second kappa shape index (κ2) is 13.7. The van der Waals surface area contributed by atoms with Crippen LogP contribution >= 0.6 is 0 Å². The normalized spacial score (nSPS) is 16.0. The smallest absolute Gasteiger partial charge is 0.410 e. The van der Waals surface area contributed by atoms with Gasteiger partial charge in [0.1, 0.15) is 18.0 Å². The maximum absolute atomic E-state index is 14.0. The quantitative estimate of drug-likeness (QED) is 0.285. The summed E-state index contributed by atoms with van der Waals surface area (Å²) < 4.78 is 8.60. The molecule has 11 nitrogen and oxygen atoms in total. The third-order valence-electron chi connectivity index (χ3n) is 8.86. The van der Waals surface area contributed by atoms with Gasteiger partial charge in [-0.15, -0.1) is 0 Å². The molecule has 3 aromatic carbocycles. The molecule has 1 unspecified atom stereocenters. The van der Waals surface area contributed by atoms with E-state index in [4.69, 9.17) is 4.74 Å². The van der Waals surface area contributed by atoms with Crippen molar-refractivity contribution in [3.05, 3.63) is 106 Å². The van der Waals surface area contributed by atoms with Crippen molar-refractivity contribution >= 4 is 23.4 Å². The van der Waals surface area contributed by atoms with E-state index in [-0.39, 0.29) is 23.7 Å². The SMILES string of the molecule is CC(C)n1ncn(-c2ccc(N3CCN(C(C(=O)Nc4ccc5c(c4)CCN(C(=O)OC(C)(C)C)C5)c4ccccc4)CC3)cc2)c1=O. The van der Waals surface area contributed by atoms with Crippen LogP contribution in [0.1, 0.15) is 63.4 Å². The number of hydrogen-bond donors (Lipinski definition) is 1. The van der Waals surface area contributed by atoms with E-state index in [0.717, 1.165) is 46.8 Å². The van der Waals surface area contributed by atoms with E-state index in [2.05, 4.69) is 20.2 Å². The van der Waals surface area contributed by atoms with Crippen LogP contribution in [-0.4, -0.2) is 74.5 Å². The van der Waals surface area contributed by atoms with Crippen LogP contribution < -0.4 is 15.9 Å². The standard InChI is InChI=1S/C37H45N7O4/c1-26(2)44-35(46)43(25-38-44)32-15-13-31(14-16-32)40-19-21-41(22-20-40)33(27-9-7-6-8-10-27)34(45)39-30-12-11-29-24-42(18-17-28(29)23-30)36(47)48-37(3,4)5/h6-16,23,25-26,33H,17-22,24H2,1-5H3,(H,39,45). The third-order valence-corrected chi connectivity index (χ3v) is 8.86. The molecular weight excluding hydrogens is 606 g/mol. The zero-order valence-corrected chi connectivity index (χ0v) is 28.4. The van der Waals surface area contributed by atoms with E-state index in [1.165, 1.54) is 4.68 Å². The Kier molecular flexibility index (Phi) is 9.41. The number of amides is 2. The van der Waals surface area contributed by atoms with Crippen molar-refractivity contribution in [1.29, 1.82) is 0 Å². The van der Waals surface area contributed by atoms with Crippen molar-refractivity contribution in [3.63, 3.8) is 0 Å². The van der Waals surface area contributed by atoms with E-state index >= 15 is 0 Å². The summed E-state index contributed by atoms with van der Waals surface area (Å²) in [5.41, 5.74) is 5.04. The highest BCUT2D eigenvalue weighted by molar-refractivity contribution is 5.95. The molecule has 2 aliphatic rings. The van der Waals surface area contributed by atoms with Crippen molar-refractivity contribution in [2.45, 2.75) is 65.3 Å². The lowest BCUT2D eigenvalue weighted by molar-refractivity contribution is -0.121. The first-order chi connectivity index (χ1) is 23.0. The number of nitrogens with zero attached hydrogens (tertiary/aromatic N) is 6. The molecule has 0 spiro atoms. The molecule has 0 saturated carbocycles. The van der Waals surface area contributed by atoms with Gasteiger partial charge in [0.15, 0.2) is 0 Å². The maximum Gasteiger partial charge on any atom is 0.410 e. The number of rotatable bonds is 7. The summed E-state index contributed by atoms with van der Waals surface area (Å²) >= 11 is 0. The van der Waals surface area contributed by atoms with Crippen LogP contribution in [-0.2, 0) is 22.5 Å². The molecule has 2 aliphatic heterocycles. The zero-order chi connectivity index (χ0) is 34.0. The summed E-state index contributed by atoms with van der Waals surface area (Å²) in [6.07, 6.45) is 1.96. The Morgan fingerprint density at radius 1 is 0.854 bits per heavy atom. The summed E-state index contributed by atoms with van der Waals surface area (Å²) in [5.74, 6) is -0.0717. The number of carbonyl (C=O) groups is 2. The number of nitrogens with one attached hydrogen (secondary N) is 1. The third kappa shape index (κ3) is 7.31. The molecule has 1 aromatic heterocycles. The largest absolute Gasteiger partial charge is 0.444 e. The molecule has 48 heavy (non-hydrogen) atoms. The van der Waals surface area contributed by atoms with Crippen LogP contribution in [0.3, 0.4) is 0 Å². The lowest BCUT2D eigenvalue weighted by atomic mass is 9.98. The molecule has 2 amide bonds. The van der Waals surface area contributed by atoms with Gasteiger partial charge in [0.25, 0.3) is 0 Å². The fourth-order valence-corrected chi connectivity index (χ4v) is 6.40. The predicted octanol–water partition coefficient (Wildman–Crippen LogP) is 5.41. The van der Waals surface area contributed by atoms with E-state index in [1.54, 1.807) is 15.8 Å². The van der Waals surface area contributed by atoms with Crippen molar-refractivity contribution < 1.29 is 14.3 Å². The zero-order valence-electron chi connectivity index (χ0n) is 28.4. The Bertz CT molecular complexity index is 1800. The molecule has 0 aliphatic carbocycles. The minimum Gasteiger partial charge on any atom is -0.444 e. The molecule has 252 valence electrons. The number of anilines is 2. The molecule has 0 bridgehead atoms. The topological polar surface area (TPSA) is 105 Å². The molecule has 1 fully saturated rings. The van der Waals surface area contributed by atoms with Gasteiger partial charge in [0, 0.05) is 50.6 Å². The molecule has 0 radical (unpaired) electrons. The molecule has 1 N–H and O–H groups in total. The highest BCUT2D eigenvalue weighted by atomic mass is 16.6. The van der Waals surface area contributed by atoms with E-state index in [9.17, 15) is 14.4 Å². The van der Waals surface area contributed by atoms with E-state index < -0.39 is 11.6 Å².